The van der Waals surface area contributed by atoms with Crippen molar-refractivity contribution >= 4 is 34.8 Å². The van der Waals surface area contributed by atoms with Gasteiger partial charge in [-0.3, -0.25) is 14.4 Å². The molecule has 1 aliphatic rings. The minimum atomic E-state index is -0.376. The first-order valence-corrected chi connectivity index (χ1v) is 10.2. The Morgan fingerprint density at radius 1 is 1.18 bits per heavy atom. The standard InChI is InChI=1S/C21H24N2O4S/c1-14-5-6-17(15(2)12-14)22-19(24)13-27-21(26)16-7-9-23(10-8-16)20(25)18-4-3-11-28-18/h3-6,11-12,16H,7-10,13H2,1-2H3,(H,22,24). The first kappa shape index (κ1) is 20.1. The van der Waals surface area contributed by atoms with Gasteiger partial charge in [0.25, 0.3) is 11.8 Å². The van der Waals surface area contributed by atoms with Gasteiger partial charge in [-0.05, 0) is 49.8 Å². The third-order valence-electron chi connectivity index (χ3n) is 4.85. The van der Waals surface area contributed by atoms with Crippen molar-refractivity contribution in [3.8, 4) is 0 Å². The first-order valence-electron chi connectivity index (χ1n) is 9.30. The Morgan fingerprint density at radius 3 is 2.57 bits per heavy atom. The van der Waals surface area contributed by atoms with Crippen LogP contribution in [0.5, 0.6) is 0 Å². The largest absolute Gasteiger partial charge is 0.455 e. The molecule has 1 aromatic carbocycles. The summed E-state index contributed by atoms with van der Waals surface area (Å²) in [6, 6.07) is 9.39. The van der Waals surface area contributed by atoms with Crippen LogP contribution >= 0.6 is 11.3 Å². The molecule has 1 aromatic heterocycles. The number of benzene rings is 1. The molecule has 0 aliphatic carbocycles. The summed E-state index contributed by atoms with van der Waals surface area (Å²) in [7, 11) is 0. The lowest BCUT2D eigenvalue weighted by Crippen LogP contribution is -2.40. The molecule has 6 nitrogen and oxygen atoms in total. The summed E-state index contributed by atoms with van der Waals surface area (Å²) in [5, 5.41) is 4.64. The van der Waals surface area contributed by atoms with Gasteiger partial charge in [-0.25, -0.2) is 0 Å². The number of aryl methyl sites for hydroxylation is 2. The van der Waals surface area contributed by atoms with E-state index in [1.165, 1.54) is 11.3 Å². The van der Waals surface area contributed by atoms with E-state index in [9.17, 15) is 14.4 Å². The number of likely N-dealkylation sites (tertiary alicyclic amines) is 1. The number of nitrogens with zero attached hydrogens (tertiary/aromatic N) is 1. The van der Waals surface area contributed by atoms with Crippen LogP contribution in [0.25, 0.3) is 0 Å². The molecule has 1 fully saturated rings. The number of piperidine rings is 1. The van der Waals surface area contributed by atoms with Gasteiger partial charge in [0.1, 0.15) is 0 Å². The minimum Gasteiger partial charge on any atom is -0.455 e. The average Bonchev–Trinajstić information content (AvgIpc) is 3.22. The van der Waals surface area contributed by atoms with Gasteiger partial charge in [-0.15, -0.1) is 11.3 Å². The van der Waals surface area contributed by atoms with E-state index in [4.69, 9.17) is 4.74 Å². The zero-order valence-electron chi connectivity index (χ0n) is 16.1. The van der Waals surface area contributed by atoms with Crippen LogP contribution in [-0.2, 0) is 14.3 Å². The van der Waals surface area contributed by atoms with Gasteiger partial charge in [0, 0.05) is 18.8 Å². The Bertz CT molecular complexity index is 855. The smallest absolute Gasteiger partial charge is 0.309 e. The molecule has 1 saturated heterocycles. The number of hydrogen-bond donors (Lipinski definition) is 1. The van der Waals surface area contributed by atoms with Crippen molar-refractivity contribution in [3.63, 3.8) is 0 Å². The number of rotatable bonds is 5. The number of ether oxygens (including phenoxy) is 1. The molecule has 0 unspecified atom stereocenters. The summed E-state index contributed by atoms with van der Waals surface area (Å²) >= 11 is 1.42. The van der Waals surface area contributed by atoms with Gasteiger partial charge in [0.2, 0.25) is 0 Å². The van der Waals surface area contributed by atoms with Crippen LogP contribution in [0.15, 0.2) is 35.7 Å². The Labute approximate surface area is 168 Å². The molecular formula is C21H24N2O4S. The quantitative estimate of drug-likeness (QED) is 0.781. The van der Waals surface area contributed by atoms with Crippen LogP contribution in [-0.4, -0.2) is 42.4 Å². The summed E-state index contributed by atoms with van der Waals surface area (Å²) < 4.78 is 5.19. The number of nitrogens with one attached hydrogen (secondary N) is 1. The van der Waals surface area contributed by atoms with Crippen LogP contribution in [0.4, 0.5) is 5.69 Å². The van der Waals surface area contributed by atoms with Gasteiger partial charge >= 0.3 is 5.97 Å². The maximum Gasteiger partial charge on any atom is 0.309 e. The number of esters is 1. The molecule has 2 aromatic rings. The van der Waals surface area contributed by atoms with Gasteiger partial charge in [-0.1, -0.05) is 23.8 Å². The maximum atomic E-state index is 12.3. The minimum absolute atomic E-state index is 0.00895. The molecule has 0 saturated carbocycles. The molecule has 7 heteroatoms. The van der Waals surface area contributed by atoms with Crippen LogP contribution in [0.1, 0.15) is 33.6 Å². The molecule has 2 heterocycles. The second-order valence-corrected chi connectivity index (χ2v) is 7.97. The topological polar surface area (TPSA) is 75.7 Å². The second kappa shape index (κ2) is 9.01. The van der Waals surface area contributed by atoms with Crippen molar-refractivity contribution in [2.75, 3.05) is 25.0 Å². The zero-order valence-corrected chi connectivity index (χ0v) is 16.9. The van der Waals surface area contributed by atoms with E-state index in [0.717, 1.165) is 11.1 Å². The molecule has 0 spiro atoms. The van der Waals surface area contributed by atoms with Crippen molar-refractivity contribution in [2.24, 2.45) is 5.92 Å². The van der Waals surface area contributed by atoms with E-state index in [1.807, 2.05) is 49.6 Å². The van der Waals surface area contributed by atoms with Crippen molar-refractivity contribution in [3.05, 3.63) is 51.7 Å². The Balaban J connectivity index is 1.43. The summed E-state index contributed by atoms with van der Waals surface area (Å²) in [5.41, 5.74) is 2.79. The Hall–Kier alpha value is -2.67. The lowest BCUT2D eigenvalue weighted by atomic mass is 9.97. The fraction of sp³-hybridized carbons (Fsp3) is 0.381. The van der Waals surface area contributed by atoms with E-state index >= 15 is 0 Å². The molecule has 0 atom stereocenters. The van der Waals surface area contributed by atoms with E-state index < -0.39 is 0 Å². The van der Waals surface area contributed by atoms with Crippen molar-refractivity contribution in [1.82, 2.24) is 4.90 Å². The van der Waals surface area contributed by atoms with E-state index in [0.29, 0.717) is 36.5 Å². The van der Waals surface area contributed by atoms with Crippen LogP contribution in [0.2, 0.25) is 0 Å². The first-order chi connectivity index (χ1) is 13.4. The van der Waals surface area contributed by atoms with E-state index in [1.54, 1.807) is 4.90 Å². The number of anilines is 1. The van der Waals surface area contributed by atoms with Gasteiger partial charge < -0.3 is 15.0 Å². The fourth-order valence-corrected chi connectivity index (χ4v) is 3.96. The van der Waals surface area contributed by atoms with Gasteiger partial charge in [-0.2, -0.15) is 0 Å². The number of hydrogen-bond acceptors (Lipinski definition) is 5. The van der Waals surface area contributed by atoms with E-state index in [2.05, 4.69) is 5.32 Å². The predicted molar refractivity (Wildman–Crippen MR) is 108 cm³/mol. The highest BCUT2D eigenvalue weighted by atomic mass is 32.1. The molecule has 2 amide bonds. The third-order valence-corrected chi connectivity index (χ3v) is 5.71. The van der Waals surface area contributed by atoms with Gasteiger partial charge in [0.05, 0.1) is 10.8 Å². The summed E-state index contributed by atoms with van der Waals surface area (Å²) in [6.07, 6.45) is 1.10. The van der Waals surface area contributed by atoms with Crippen molar-refractivity contribution in [1.29, 1.82) is 0 Å². The predicted octanol–water partition coefficient (Wildman–Crippen LogP) is 3.40. The summed E-state index contributed by atoms with van der Waals surface area (Å²) in [6.45, 7) is 4.64. The Morgan fingerprint density at radius 2 is 1.93 bits per heavy atom. The highest BCUT2D eigenvalue weighted by Crippen LogP contribution is 2.22. The number of amides is 2. The number of carbonyl (C=O) groups excluding carboxylic acids is 3. The Kier molecular flexibility index (Phi) is 6.46. The lowest BCUT2D eigenvalue weighted by Gasteiger charge is -2.30. The second-order valence-electron chi connectivity index (χ2n) is 7.02. The molecule has 3 rings (SSSR count). The molecule has 1 N–H and O–H groups in total. The fourth-order valence-electron chi connectivity index (χ4n) is 3.27. The normalized spacial score (nSPS) is 14.6. The monoisotopic (exact) mass is 400 g/mol. The number of carbonyl (C=O) groups is 3. The number of thiophene rings is 1. The molecular weight excluding hydrogens is 376 g/mol. The summed E-state index contributed by atoms with van der Waals surface area (Å²) in [5.74, 6) is -0.999. The summed E-state index contributed by atoms with van der Waals surface area (Å²) in [4.78, 5) is 39.2. The molecule has 0 bridgehead atoms. The highest BCUT2D eigenvalue weighted by molar-refractivity contribution is 7.12. The van der Waals surface area contributed by atoms with Crippen molar-refractivity contribution < 1.29 is 19.1 Å². The van der Waals surface area contributed by atoms with Crippen LogP contribution in [0, 0.1) is 19.8 Å². The molecule has 28 heavy (non-hydrogen) atoms. The van der Waals surface area contributed by atoms with Crippen molar-refractivity contribution in [2.45, 2.75) is 26.7 Å². The lowest BCUT2D eigenvalue weighted by molar-refractivity contribution is -0.152. The SMILES string of the molecule is Cc1ccc(NC(=O)COC(=O)C2CCN(C(=O)c3cccs3)CC2)c(C)c1. The maximum absolute atomic E-state index is 12.3. The molecule has 148 valence electrons. The molecule has 0 radical (unpaired) electrons. The third kappa shape index (κ3) is 4.98. The van der Waals surface area contributed by atoms with Crippen LogP contribution in [0.3, 0.4) is 0 Å². The highest BCUT2D eigenvalue weighted by Gasteiger charge is 2.29. The average molecular weight is 401 g/mol. The van der Waals surface area contributed by atoms with Gasteiger partial charge in [0.15, 0.2) is 6.61 Å². The van der Waals surface area contributed by atoms with Crippen LogP contribution < -0.4 is 5.32 Å². The molecule has 1 aliphatic heterocycles. The van der Waals surface area contributed by atoms with E-state index in [-0.39, 0.29) is 30.3 Å². The zero-order chi connectivity index (χ0) is 20.1.